The van der Waals surface area contributed by atoms with Crippen molar-refractivity contribution in [1.82, 2.24) is 9.78 Å². The molecule has 0 bridgehead atoms. The Kier molecular flexibility index (Phi) is 2.20. The molecule has 0 aromatic carbocycles. The molecular formula is C8H11N3O3. The van der Waals surface area contributed by atoms with Crippen LogP contribution in [0.15, 0.2) is 12.3 Å². The maximum atomic E-state index is 10.4. The number of nitrogens with zero attached hydrogens (tertiary/aromatic N) is 3. The lowest BCUT2D eigenvalue weighted by atomic mass is 10.2. The highest BCUT2D eigenvalue weighted by Gasteiger charge is 2.30. The molecule has 1 heterocycles. The Morgan fingerprint density at radius 1 is 1.64 bits per heavy atom. The van der Waals surface area contributed by atoms with Crippen LogP contribution in [0, 0.1) is 10.1 Å². The summed E-state index contributed by atoms with van der Waals surface area (Å²) in [5.74, 6) is -0.163. The normalized spacial score (nSPS) is 26.6. The lowest BCUT2D eigenvalue weighted by molar-refractivity contribution is -0.389. The molecule has 6 nitrogen and oxygen atoms in total. The van der Waals surface area contributed by atoms with Crippen LogP contribution in [-0.4, -0.2) is 25.9 Å². The second-order valence-electron chi connectivity index (χ2n) is 3.48. The van der Waals surface area contributed by atoms with Crippen LogP contribution in [0.25, 0.3) is 0 Å². The molecule has 0 unspecified atom stereocenters. The van der Waals surface area contributed by atoms with Crippen molar-refractivity contribution in [2.24, 2.45) is 0 Å². The van der Waals surface area contributed by atoms with Crippen molar-refractivity contribution < 1.29 is 10.0 Å². The van der Waals surface area contributed by atoms with Crippen molar-refractivity contribution in [3.8, 4) is 0 Å². The second-order valence-corrected chi connectivity index (χ2v) is 3.48. The summed E-state index contributed by atoms with van der Waals surface area (Å²) in [6, 6.07) is 1.26. The van der Waals surface area contributed by atoms with E-state index in [4.69, 9.17) is 0 Å². The molecule has 1 aliphatic carbocycles. The van der Waals surface area contributed by atoms with Gasteiger partial charge in [0.25, 0.3) is 0 Å². The van der Waals surface area contributed by atoms with E-state index in [1.165, 1.54) is 10.7 Å². The highest BCUT2D eigenvalue weighted by atomic mass is 16.6. The van der Waals surface area contributed by atoms with E-state index >= 15 is 0 Å². The SMILES string of the molecule is O=[N+]([O-])c1ccn([C@@H]2CCC[C@H]2O)n1. The van der Waals surface area contributed by atoms with E-state index in [2.05, 4.69) is 5.10 Å². The lowest BCUT2D eigenvalue weighted by Gasteiger charge is -2.10. The smallest absolute Gasteiger partial charge is 0.389 e. The summed E-state index contributed by atoms with van der Waals surface area (Å²) in [7, 11) is 0. The summed E-state index contributed by atoms with van der Waals surface area (Å²) in [6.07, 6.45) is 3.66. The van der Waals surface area contributed by atoms with Gasteiger partial charge >= 0.3 is 5.82 Å². The first-order chi connectivity index (χ1) is 6.68. The van der Waals surface area contributed by atoms with E-state index < -0.39 is 11.0 Å². The van der Waals surface area contributed by atoms with Crippen LogP contribution < -0.4 is 0 Å². The minimum absolute atomic E-state index is 0.0938. The van der Waals surface area contributed by atoms with E-state index in [9.17, 15) is 15.2 Å². The van der Waals surface area contributed by atoms with Crippen molar-refractivity contribution in [2.45, 2.75) is 31.4 Å². The molecule has 1 saturated carbocycles. The van der Waals surface area contributed by atoms with Crippen molar-refractivity contribution in [3.05, 3.63) is 22.4 Å². The zero-order valence-corrected chi connectivity index (χ0v) is 7.54. The molecule has 0 saturated heterocycles. The summed E-state index contributed by atoms with van der Waals surface area (Å²) < 4.78 is 1.50. The molecular weight excluding hydrogens is 186 g/mol. The maximum absolute atomic E-state index is 10.4. The first-order valence-electron chi connectivity index (χ1n) is 4.56. The standard InChI is InChI=1S/C8H11N3O3/c12-7-3-1-2-6(7)10-5-4-8(9-10)11(13)14/h4-7,12H,1-3H2/t6-,7-/m1/s1. The predicted octanol–water partition coefficient (Wildman–Crippen LogP) is 0.877. The number of nitro groups is 1. The molecule has 1 aromatic rings. The average molecular weight is 197 g/mol. The van der Waals surface area contributed by atoms with Crippen LogP contribution in [0.4, 0.5) is 5.82 Å². The van der Waals surface area contributed by atoms with Gasteiger partial charge < -0.3 is 15.2 Å². The van der Waals surface area contributed by atoms with Gasteiger partial charge in [-0.3, -0.25) is 0 Å². The Bertz CT molecular complexity index is 349. The first kappa shape index (κ1) is 9.14. The van der Waals surface area contributed by atoms with E-state index in [1.807, 2.05) is 0 Å². The quantitative estimate of drug-likeness (QED) is 0.563. The monoisotopic (exact) mass is 197 g/mol. The van der Waals surface area contributed by atoms with Gasteiger partial charge in [0.15, 0.2) is 0 Å². The Labute approximate surface area is 80.3 Å². The number of aromatic nitrogens is 2. The molecule has 0 spiro atoms. The number of aliphatic hydroxyl groups excluding tert-OH is 1. The Balaban J connectivity index is 2.20. The van der Waals surface area contributed by atoms with Crippen LogP contribution in [-0.2, 0) is 0 Å². The van der Waals surface area contributed by atoms with Crippen LogP contribution in [0.3, 0.4) is 0 Å². The first-order valence-corrected chi connectivity index (χ1v) is 4.56. The fourth-order valence-electron chi connectivity index (χ4n) is 1.84. The number of hydrogen-bond donors (Lipinski definition) is 1. The Morgan fingerprint density at radius 2 is 2.43 bits per heavy atom. The van der Waals surface area contributed by atoms with Crippen molar-refractivity contribution >= 4 is 5.82 Å². The summed E-state index contributed by atoms with van der Waals surface area (Å²) in [5.41, 5.74) is 0. The molecule has 6 heteroatoms. The molecule has 76 valence electrons. The molecule has 2 rings (SSSR count). The zero-order valence-electron chi connectivity index (χ0n) is 7.54. The van der Waals surface area contributed by atoms with Gasteiger partial charge in [-0.1, -0.05) is 0 Å². The van der Waals surface area contributed by atoms with Crippen LogP contribution in [0.5, 0.6) is 0 Å². The second kappa shape index (κ2) is 3.38. The molecule has 1 aliphatic rings. The summed E-state index contributed by atoms with van der Waals surface area (Å²) in [5, 5.41) is 23.7. The minimum Gasteiger partial charge on any atom is -0.391 e. The van der Waals surface area contributed by atoms with E-state index in [0.717, 1.165) is 19.3 Å². The molecule has 1 N–H and O–H groups in total. The summed E-state index contributed by atoms with van der Waals surface area (Å²) >= 11 is 0. The minimum atomic E-state index is -0.530. The molecule has 0 amide bonds. The van der Waals surface area contributed by atoms with Gasteiger partial charge in [-0.05, 0) is 24.2 Å². The molecule has 14 heavy (non-hydrogen) atoms. The Hall–Kier alpha value is -1.43. The molecule has 1 fully saturated rings. The van der Waals surface area contributed by atoms with E-state index in [1.54, 1.807) is 6.20 Å². The van der Waals surface area contributed by atoms with Gasteiger partial charge in [-0.2, -0.15) is 4.68 Å². The third-order valence-corrected chi connectivity index (χ3v) is 2.57. The average Bonchev–Trinajstić information content (AvgIpc) is 2.71. The van der Waals surface area contributed by atoms with Gasteiger partial charge in [-0.25, -0.2) is 0 Å². The third-order valence-electron chi connectivity index (χ3n) is 2.57. The maximum Gasteiger partial charge on any atom is 0.389 e. The highest BCUT2D eigenvalue weighted by molar-refractivity contribution is 5.14. The number of rotatable bonds is 2. The molecule has 0 aliphatic heterocycles. The van der Waals surface area contributed by atoms with Crippen molar-refractivity contribution in [3.63, 3.8) is 0 Å². The largest absolute Gasteiger partial charge is 0.391 e. The van der Waals surface area contributed by atoms with E-state index in [0.29, 0.717) is 0 Å². The fraction of sp³-hybridized carbons (Fsp3) is 0.625. The Morgan fingerprint density at radius 3 is 2.93 bits per heavy atom. The van der Waals surface area contributed by atoms with Gasteiger partial charge in [0.2, 0.25) is 0 Å². The highest BCUT2D eigenvalue weighted by Crippen LogP contribution is 2.29. The third kappa shape index (κ3) is 1.48. The summed E-state index contributed by atoms with van der Waals surface area (Å²) in [4.78, 5) is 9.85. The van der Waals surface area contributed by atoms with Gasteiger partial charge in [0, 0.05) is 0 Å². The summed E-state index contributed by atoms with van der Waals surface area (Å²) in [6.45, 7) is 0. The van der Waals surface area contributed by atoms with Crippen molar-refractivity contribution in [2.75, 3.05) is 0 Å². The fourth-order valence-corrected chi connectivity index (χ4v) is 1.84. The lowest BCUT2D eigenvalue weighted by Crippen LogP contribution is -2.18. The van der Waals surface area contributed by atoms with Crippen LogP contribution in [0.1, 0.15) is 25.3 Å². The number of aliphatic hydroxyl groups is 1. The topological polar surface area (TPSA) is 81.2 Å². The van der Waals surface area contributed by atoms with Gasteiger partial charge in [-0.15, -0.1) is 0 Å². The molecule has 2 atom stereocenters. The van der Waals surface area contributed by atoms with E-state index in [-0.39, 0.29) is 11.9 Å². The number of hydrogen-bond acceptors (Lipinski definition) is 4. The zero-order chi connectivity index (χ0) is 10.1. The molecule has 1 aromatic heterocycles. The predicted molar refractivity (Wildman–Crippen MR) is 47.8 cm³/mol. The van der Waals surface area contributed by atoms with Gasteiger partial charge in [0.1, 0.15) is 0 Å². The molecule has 0 radical (unpaired) electrons. The van der Waals surface area contributed by atoms with Gasteiger partial charge in [0.05, 0.1) is 29.5 Å². The van der Waals surface area contributed by atoms with Crippen LogP contribution >= 0.6 is 0 Å². The van der Waals surface area contributed by atoms with Crippen LogP contribution in [0.2, 0.25) is 0 Å². The van der Waals surface area contributed by atoms with Crippen molar-refractivity contribution in [1.29, 1.82) is 0 Å².